The smallest absolute Gasteiger partial charge is 0.303 e. The molecule has 4 heterocycles. The van der Waals surface area contributed by atoms with E-state index in [1.807, 2.05) is 12.1 Å². The molecule has 5 aliphatic rings. The van der Waals surface area contributed by atoms with Crippen molar-refractivity contribution in [1.29, 1.82) is 0 Å². The molecule has 244 valence electrons. The monoisotopic (exact) mass is 643 g/mol. The molecule has 2 bridgehead atoms. The predicted octanol–water partition coefficient (Wildman–Crippen LogP) is 5.07. The highest BCUT2D eigenvalue weighted by atomic mass is 32.2. The van der Waals surface area contributed by atoms with E-state index in [-0.39, 0.29) is 18.0 Å². The fraction of sp³-hybridized carbons (Fsp3) is 0.556. The van der Waals surface area contributed by atoms with Crippen LogP contribution in [0.4, 0.5) is 0 Å². The quantitative estimate of drug-likeness (QED) is 0.405. The molecular formula is C36H45N5O4S. The van der Waals surface area contributed by atoms with E-state index < -0.39 is 21.5 Å². The van der Waals surface area contributed by atoms with Crippen molar-refractivity contribution in [2.45, 2.75) is 88.8 Å². The third-order valence-electron chi connectivity index (χ3n) is 11.9. The first-order valence-corrected chi connectivity index (χ1v) is 18.6. The number of likely N-dealkylation sites (tertiary alicyclic amines) is 1. The summed E-state index contributed by atoms with van der Waals surface area (Å²) in [6.45, 7) is 5.70. The standard InChI is InChI=1S/C36H45N5O4S/c1-4-39-20-25-15-16-26(21-39)41(25)35(43)36-19-30(36)27-12-8-9-13-28(27)33-32(23-10-6-5-7-11-23)29-17-14-24(18-31(29)40(33)22-36)34(42)37-46(44,45)38(2)3/h8-9,12-14,17-18,23,25-26,30H,4-7,10-11,15-16,19-22H2,1-3H3,(H,37,42). The van der Waals surface area contributed by atoms with Gasteiger partial charge in [-0.05, 0) is 67.8 Å². The molecule has 4 atom stereocenters. The number of piperazine rings is 1. The molecule has 2 saturated heterocycles. The zero-order chi connectivity index (χ0) is 32.0. The first-order valence-electron chi connectivity index (χ1n) is 17.2. The van der Waals surface area contributed by atoms with Crippen molar-refractivity contribution in [3.05, 3.63) is 59.2 Å². The lowest BCUT2D eigenvalue weighted by Gasteiger charge is -2.42. The third kappa shape index (κ3) is 4.58. The summed E-state index contributed by atoms with van der Waals surface area (Å²) in [6.07, 6.45) is 8.85. The number of nitrogens with one attached hydrogen (secondary N) is 1. The minimum atomic E-state index is -3.95. The Morgan fingerprint density at radius 2 is 1.70 bits per heavy atom. The maximum atomic E-state index is 14.9. The van der Waals surface area contributed by atoms with Crippen LogP contribution < -0.4 is 4.72 Å². The summed E-state index contributed by atoms with van der Waals surface area (Å²) in [7, 11) is -1.15. The molecule has 1 N–H and O–H groups in total. The molecule has 2 aromatic carbocycles. The van der Waals surface area contributed by atoms with Gasteiger partial charge in [0.05, 0.1) is 11.1 Å². The third-order valence-corrected chi connectivity index (χ3v) is 13.3. The summed E-state index contributed by atoms with van der Waals surface area (Å²) >= 11 is 0. The Morgan fingerprint density at radius 1 is 0.978 bits per heavy atom. The second-order valence-corrected chi connectivity index (χ2v) is 16.5. The highest BCUT2D eigenvalue weighted by Gasteiger charge is 2.65. The Labute approximate surface area is 272 Å². The van der Waals surface area contributed by atoms with Gasteiger partial charge in [0.15, 0.2) is 0 Å². The van der Waals surface area contributed by atoms with Crippen molar-refractivity contribution in [3.8, 4) is 11.3 Å². The Bertz CT molecular complexity index is 1830. The van der Waals surface area contributed by atoms with Crippen LogP contribution in [0.15, 0.2) is 42.5 Å². The summed E-state index contributed by atoms with van der Waals surface area (Å²) in [5, 5.41) is 1.11. The van der Waals surface area contributed by atoms with Gasteiger partial charge in [-0.3, -0.25) is 14.5 Å². The zero-order valence-electron chi connectivity index (χ0n) is 27.2. The van der Waals surface area contributed by atoms with Crippen LogP contribution in [0.5, 0.6) is 0 Å². The number of benzene rings is 2. The normalized spacial score (nSPS) is 27.7. The molecule has 4 fully saturated rings. The van der Waals surface area contributed by atoms with Crippen LogP contribution in [0.25, 0.3) is 22.2 Å². The zero-order valence-corrected chi connectivity index (χ0v) is 28.0. The van der Waals surface area contributed by atoms with Crippen LogP contribution in [0.1, 0.15) is 91.6 Å². The Kier molecular flexibility index (Phi) is 7.16. The van der Waals surface area contributed by atoms with Crippen molar-refractivity contribution in [3.63, 3.8) is 0 Å². The van der Waals surface area contributed by atoms with Gasteiger partial charge in [0.2, 0.25) is 5.91 Å². The van der Waals surface area contributed by atoms with Crippen molar-refractivity contribution >= 4 is 32.9 Å². The summed E-state index contributed by atoms with van der Waals surface area (Å²) in [6, 6.07) is 14.9. The first kappa shape index (κ1) is 30.1. The second-order valence-electron chi connectivity index (χ2n) is 14.6. The Balaban J connectivity index is 1.29. The minimum absolute atomic E-state index is 0.158. The maximum Gasteiger partial charge on any atom is 0.303 e. The van der Waals surface area contributed by atoms with Crippen LogP contribution in [0, 0.1) is 5.41 Å². The molecule has 1 aromatic heterocycles. The number of amides is 2. The number of rotatable bonds is 6. The molecule has 0 radical (unpaired) electrons. The van der Waals surface area contributed by atoms with Crippen LogP contribution in [0.3, 0.4) is 0 Å². The van der Waals surface area contributed by atoms with Crippen LogP contribution in [-0.4, -0.2) is 84.7 Å². The van der Waals surface area contributed by atoms with Gasteiger partial charge in [-0.15, -0.1) is 0 Å². The van der Waals surface area contributed by atoms with Crippen molar-refractivity contribution in [2.24, 2.45) is 5.41 Å². The average molecular weight is 644 g/mol. The number of carbonyl (C=O) groups excluding carboxylic acids is 2. The molecule has 9 nitrogen and oxygen atoms in total. The predicted molar refractivity (Wildman–Crippen MR) is 179 cm³/mol. The number of carbonyl (C=O) groups is 2. The average Bonchev–Trinajstić information content (AvgIpc) is 3.65. The summed E-state index contributed by atoms with van der Waals surface area (Å²) < 4.78 is 30.7. The highest BCUT2D eigenvalue weighted by molar-refractivity contribution is 7.87. The van der Waals surface area contributed by atoms with Gasteiger partial charge in [0, 0.05) is 73.8 Å². The van der Waals surface area contributed by atoms with Gasteiger partial charge in [0.25, 0.3) is 5.91 Å². The largest absolute Gasteiger partial charge is 0.339 e. The molecule has 8 rings (SSSR count). The van der Waals surface area contributed by atoms with E-state index in [4.69, 9.17) is 0 Å². The van der Waals surface area contributed by atoms with E-state index in [2.05, 4.69) is 50.3 Å². The van der Waals surface area contributed by atoms with Gasteiger partial charge in [-0.25, -0.2) is 4.72 Å². The number of fused-ring (bicyclic) bond motifs is 9. The molecule has 4 unspecified atom stereocenters. The highest BCUT2D eigenvalue weighted by Crippen LogP contribution is 2.66. The number of aromatic nitrogens is 1. The lowest BCUT2D eigenvalue weighted by molar-refractivity contribution is -0.143. The summed E-state index contributed by atoms with van der Waals surface area (Å²) in [5.74, 6) is 0.203. The van der Waals surface area contributed by atoms with E-state index in [1.165, 1.54) is 55.7 Å². The van der Waals surface area contributed by atoms with Gasteiger partial charge in [-0.2, -0.15) is 12.7 Å². The molecular weight excluding hydrogens is 598 g/mol. The van der Waals surface area contributed by atoms with E-state index in [0.29, 0.717) is 23.9 Å². The van der Waals surface area contributed by atoms with E-state index in [1.54, 1.807) is 6.07 Å². The minimum Gasteiger partial charge on any atom is -0.339 e. The van der Waals surface area contributed by atoms with Crippen LogP contribution in [-0.2, 0) is 21.5 Å². The fourth-order valence-corrected chi connectivity index (χ4v) is 9.91. The molecule has 2 aliphatic carbocycles. The first-order chi connectivity index (χ1) is 22.1. The topological polar surface area (TPSA) is 95.0 Å². The number of nitrogens with zero attached hydrogens (tertiary/aromatic N) is 4. The molecule has 3 aromatic rings. The summed E-state index contributed by atoms with van der Waals surface area (Å²) in [4.78, 5) is 33.1. The van der Waals surface area contributed by atoms with Gasteiger partial charge in [0.1, 0.15) is 0 Å². The Hall–Kier alpha value is -3.21. The molecule has 2 saturated carbocycles. The Morgan fingerprint density at radius 3 is 2.39 bits per heavy atom. The van der Waals surface area contributed by atoms with E-state index >= 15 is 0 Å². The van der Waals surface area contributed by atoms with Crippen molar-refractivity contribution < 1.29 is 18.0 Å². The van der Waals surface area contributed by atoms with Crippen molar-refractivity contribution in [1.82, 2.24) is 23.4 Å². The SMILES string of the molecule is CCN1CC2CCC(C1)N2C(=O)C12CC1c1ccccc1-c1c(C3CCCCC3)c3ccc(C(=O)NS(=O)(=O)N(C)C)cc3n1C2. The maximum absolute atomic E-state index is 14.9. The fourth-order valence-electron chi connectivity index (χ4n) is 9.37. The lowest BCUT2D eigenvalue weighted by atomic mass is 9.81. The van der Waals surface area contributed by atoms with Gasteiger partial charge in [-0.1, -0.05) is 56.5 Å². The molecule has 46 heavy (non-hydrogen) atoms. The summed E-state index contributed by atoms with van der Waals surface area (Å²) in [5.41, 5.74) is 5.68. The van der Waals surface area contributed by atoms with Gasteiger partial charge < -0.3 is 9.47 Å². The number of likely N-dealkylation sites (N-methyl/N-ethyl adjacent to an activating group) is 1. The number of hydrogen-bond donors (Lipinski definition) is 1. The van der Waals surface area contributed by atoms with Crippen LogP contribution in [0.2, 0.25) is 0 Å². The molecule has 10 heteroatoms. The lowest BCUT2D eigenvalue weighted by Crippen LogP contribution is -2.57. The van der Waals surface area contributed by atoms with E-state index in [0.717, 1.165) is 66.9 Å². The van der Waals surface area contributed by atoms with Gasteiger partial charge >= 0.3 is 10.2 Å². The van der Waals surface area contributed by atoms with Crippen molar-refractivity contribution in [2.75, 3.05) is 33.7 Å². The van der Waals surface area contributed by atoms with Crippen LogP contribution >= 0.6 is 0 Å². The molecule has 0 spiro atoms. The second kappa shape index (κ2) is 10.9. The molecule has 2 amide bonds. The number of hydrogen-bond acceptors (Lipinski definition) is 5. The molecule has 3 aliphatic heterocycles. The van der Waals surface area contributed by atoms with E-state index in [9.17, 15) is 18.0 Å².